The average Bonchev–Trinajstić information content (AvgIpc) is 3.40. The van der Waals surface area contributed by atoms with Gasteiger partial charge in [-0.05, 0) is 61.9 Å². The van der Waals surface area contributed by atoms with Gasteiger partial charge in [0.1, 0.15) is 11.4 Å². The lowest BCUT2D eigenvalue weighted by Crippen LogP contribution is -2.39. The Morgan fingerprint density at radius 1 is 1.00 bits per heavy atom. The number of carbonyl (C=O) groups excluding carboxylic acids is 3. The van der Waals surface area contributed by atoms with Crippen LogP contribution in [0.1, 0.15) is 39.9 Å². The number of primary amides is 1. The summed E-state index contributed by atoms with van der Waals surface area (Å²) in [5, 5.41) is 10.00. The molecule has 172 valence electrons. The van der Waals surface area contributed by atoms with Crippen LogP contribution in [0.25, 0.3) is 5.69 Å². The molecule has 0 aliphatic carbocycles. The molecule has 34 heavy (non-hydrogen) atoms. The molecule has 0 saturated carbocycles. The van der Waals surface area contributed by atoms with E-state index in [0.717, 1.165) is 5.71 Å². The number of nitrogens with zero attached hydrogens (tertiary/aromatic N) is 5. The molecule has 3 aromatic rings. The molecule has 5 rings (SSSR count). The van der Waals surface area contributed by atoms with E-state index in [0.29, 0.717) is 53.5 Å². The SMILES string of the molecule is COc1ccc(-n2nc(C(N)=O)c3c2C(=O)N(c2ccc(N4N=C(C)CC4=O)cc2)CC3)cc1. The van der Waals surface area contributed by atoms with Crippen LogP contribution < -0.4 is 20.4 Å². The van der Waals surface area contributed by atoms with Gasteiger partial charge in [-0.15, -0.1) is 0 Å². The Morgan fingerprint density at radius 3 is 2.24 bits per heavy atom. The highest BCUT2D eigenvalue weighted by atomic mass is 16.5. The molecule has 3 amide bonds. The fourth-order valence-electron chi connectivity index (χ4n) is 4.25. The standard InChI is InChI=1S/C24H22N6O4/c1-14-13-20(31)29(26-14)16-5-3-15(4-6-16)28-12-11-19-21(23(25)32)27-30(22(19)24(28)33)17-7-9-18(34-2)10-8-17/h3-10H,11-13H2,1-2H3,(H2,25,32). The summed E-state index contributed by atoms with van der Waals surface area (Å²) in [5.74, 6) is -0.411. The molecule has 10 heteroatoms. The minimum Gasteiger partial charge on any atom is -0.497 e. The first-order valence-electron chi connectivity index (χ1n) is 10.7. The number of ether oxygens (including phenoxy) is 1. The Balaban J connectivity index is 1.50. The van der Waals surface area contributed by atoms with Crippen molar-refractivity contribution in [2.45, 2.75) is 19.8 Å². The molecule has 2 N–H and O–H groups in total. The number of carbonyl (C=O) groups is 3. The second-order valence-corrected chi connectivity index (χ2v) is 8.09. The summed E-state index contributed by atoms with van der Waals surface area (Å²) in [6, 6.07) is 14.1. The van der Waals surface area contributed by atoms with Crippen LogP contribution in [0.3, 0.4) is 0 Å². The maximum Gasteiger partial charge on any atom is 0.277 e. The number of hydrogen-bond acceptors (Lipinski definition) is 6. The molecule has 2 aromatic carbocycles. The number of amides is 3. The van der Waals surface area contributed by atoms with Gasteiger partial charge in [-0.2, -0.15) is 10.2 Å². The molecule has 0 fully saturated rings. The number of benzene rings is 2. The maximum atomic E-state index is 13.6. The molecule has 0 atom stereocenters. The third-order valence-corrected chi connectivity index (χ3v) is 5.89. The third kappa shape index (κ3) is 3.49. The number of rotatable bonds is 5. The summed E-state index contributed by atoms with van der Waals surface area (Å²) >= 11 is 0. The fraction of sp³-hybridized carbons (Fsp3) is 0.208. The van der Waals surface area contributed by atoms with Gasteiger partial charge < -0.3 is 15.4 Å². The predicted octanol–water partition coefficient (Wildman–Crippen LogP) is 2.30. The summed E-state index contributed by atoms with van der Waals surface area (Å²) < 4.78 is 6.66. The molecule has 0 bridgehead atoms. The van der Waals surface area contributed by atoms with Gasteiger partial charge in [-0.1, -0.05) is 0 Å². The molecule has 0 spiro atoms. The second-order valence-electron chi connectivity index (χ2n) is 8.09. The normalized spacial score (nSPS) is 15.4. The first-order chi connectivity index (χ1) is 16.4. The number of hydrogen-bond donors (Lipinski definition) is 1. The van der Waals surface area contributed by atoms with E-state index in [9.17, 15) is 14.4 Å². The topological polar surface area (TPSA) is 123 Å². The zero-order valence-electron chi connectivity index (χ0n) is 18.7. The van der Waals surface area contributed by atoms with Gasteiger partial charge in [0.2, 0.25) is 0 Å². The molecular formula is C24H22N6O4. The van der Waals surface area contributed by atoms with E-state index in [1.807, 2.05) is 6.92 Å². The molecule has 10 nitrogen and oxygen atoms in total. The van der Waals surface area contributed by atoms with Crippen molar-refractivity contribution in [2.75, 3.05) is 23.6 Å². The lowest BCUT2D eigenvalue weighted by molar-refractivity contribution is -0.116. The minimum atomic E-state index is -0.680. The van der Waals surface area contributed by atoms with E-state index >= 15 is 0 Å². The molecule has 2 aliphatic rings. The van der Waals surface area contributed by atoms with Crippen molar-refractivity contribution in [2.24, 2.45) is 10.8 Å². The van der Waals surface area contributed by atoms with Gasteiger partial charge in [0, 0.05) is 23.5 Å². The summed E-state index contributed by atoms with van der Waals surface area (Å²) in [7, 11) is 1.57. The molecule has 3 heterocycles. The number of fused-ring (bicyclic) bond motifs is 1. The first-order valence-corrected chi connectivity index (χ1v) is 10.7. The van der Waals surface area contributed by atoms with Gasteiger partial charge in [0.25, 0.3) is 17.7 Å². The fourth-order valence-corrected chi connectivity index (χ4v) is 4.25. The van der Waals surface area contributed by atoms with E-state index in [1.54, 1.807) is 60.5 Å². The van der Waals surface area contributed by atoms with Crippen molar-refractivity contribution in [1.29, 1.82) is 0 Å². The zero-order chi connectivity index (χ0) is 24.0. The first kappa shape index (κ1) is 21.4. The van der Waals surface area contributed by atoms with Crippen molar-refractivity contribution in [1.82, 2.24) is 9.78 Å². The Kier molecular flexibility index (Phi) is 5.12. The molecule has 0 radical (unpaired) electrons. The van der Waals surface area contributed by atoms with Crippen LogP contribution in [-0.4, -0.2) is 46.9 Å². The van der Waals surface area contributed by atoms with E-state index in [-0.39, 0.29) is 17.5 Å². The van der Waals surface area contributed by atoms with Crippen molar-refractivity contribution < 1.29 is 19.1 Å². The molecular weight excluding hydrogens is 436 g/mol. The third-order valence-electron chi connectivity index (χ3n) is 5.89. The highest BCUT2D eigenvalue weighted by Gasteiger charge is 2.34. The maximum absolute atomic E-state index is 13.6. The highest BCUT2D eigenvalue weighted by molar-refractivity contribution is 6.12. The van der Waals surface area contributed by atoms with Gasteiger partial charge in [-0.25, -0.2) is 9.69 Å². The molecule has 0 saturated heterocycles. The Morgan fingerprint density at radius 2 is 1.65 bits per heavy atom. The highest BCUT2D eigenvalue weighted by Crippen LogP contribution is 2.31. The van der Waals surface area contributed by atoms with E-state index in [1.165, 1.54) is 9.69 Å². The van der Waals surface area contributed by atoms with E-state index < -0.39 is 5.91 Å². The lowest BCUT2D eigenvalue weighted by atomic mass is 10.0. The van der Waals surface area contributed by atoms with Crippen LogP contribution in [0.2, 0.25) is 0 Å². The van der Waals surface area contributed by atoms with Gasteiger partial charge in [0.15, 0.2) is 5.69 Å². The van der Waals surface area contributed by atoms with Crippen LogP contribution >= 0.6 is 0 Å². The lowest BCUT2D eigenvalue weighted by Gasteiger charge is -2.28. The van der Waals surface area contributed by atoms with Crippen LogP contribution in [0.15, 0.2) is 53.6 Å². The molecule has 1 aromatic heterocycles. The van der Waals surface area contributed by atoms with Crippen LogP contribution in [0.4, 0.5) is 11.4 Å². The summed E-state index contributed by atoms with van der Waals surface area (Å²) in [5.41, 5.74) is 9.14. The largest absolute Gasteiger partial charge is 0.497 e. The Bertz CT molecular complexity index is 1340. The van der Waals surface area contributed by atoms with Gasteiger partial charge in [-0.3, -0.25) is 14.4 Å². The second kappa shape index (κ2) is 8.14. The Labute approximate surface area is 195 Å². The number of aromatic nitrogens is 2. The minimum absolute atomic E-state index is 0.0914. The van der Waals surface area contributed by atoms with E-state index in [4.69, 9.17) is 10.5 Å². The predicted molar refractivity (Wildman–Crippen MR) is 126 cm³/mol. The molecule has 0 unspecified atom stereocenters. The number of methoxy groups -OCH3 is 1. The summed E-state index contributed by atoms with van der Waals surface area (Å²) in [4.78, 5) is 39.4. The van der Waals surface area contributed by atoms with Gasteiger partial charge in [0.05, 0.1) is 24.9 Å². The summed E-state index contributed by atoms with van der Waals surface area (Å²) in [6.45, 7) is 2.17. The van der Waals surface area contributed by atoms with Crippen molar-refractivity contribution in [3.05, 3.63) is 65.5 Å². The molecule has 2 aliphatic heterocycles. The quantitative estimate of drug-likeness (QED) is 0.628. The summed E-state index contributed by atoms with van der Waals surface area (Å²) in [6.07, 6.45) is 0.720. The van der Waals surface area contributed by atoms with Crippen LogP contribution in [0, 0.1) is 0 Å². The van der Waals surface area contributed by atoms with Crippen molar-refractivity contribution >= 4 is 34.8 Å². The van der Waals surface area contributed by atoms with Gasteiger partial charge >= 0.3 is 0 Å². The average molecular weight is 458 g/mol. The van der Waals surface area contributed by atoms with Crippen molar-refractivity contribution in [3.8, 4) is 11.4 Å². The number of anilines is 2. The number of nitrogens with two attached hydrogens (primary N) is 1. The number of hydrazone groups is 1. The van der Waals surface area contributed by atoms with Crippen molar-refractivity contribution in [3.63, 3.8) is 0 Å². The Hall–Kier alpha value is -4.47. The zero-order valence-corrected chi connectivity index (χ0v) is 18.7. The van der Waals surface area contributed by atoms with Crippen LogP contribution in [-0.2, 0) is 11.2 Å². The smallest absolute Gasteiger partial charge is 0.277 e. The van der Waals surface area contributed by atoms with E-state index in [2.05, 4.69) is 10.2 Å². The monoisotopic (exact) mass is 458 g/mol. The van der Waals surface area contributed by atoms with Crippen LogP contribution in [0.5, 0.6) is 5.75 Å².